The Labute approximate surface area is 165 Å². The molecule has 0 aliphatic rings. The maximum absolute atomic E-state index is 14.6. The second-order valence-corrected chi connectivity index (χ2v) is 6.96. The predicted octanol–water partition coefficient (Wildman–Crippen LogP) is 6.86. The highest BCUT2D eigenvalue weighted by Crippen LogP contribution is 2.29. The zero-order chi connectivity index (χ0) is 19.9. The van der Waals surface area contributed by atoms with E-state index in [4.69, 9.17) is 0 Å². The smallest absolute Gasteiger partial charge is 0.167 e. The summed E-state index contributed by atoms with van der Waals surface area (Å²) in [5.74, 6) is -1.67. The van der Waals surface area contributed by atoms with Gasteiger partial charge in [-0.1, -0.05) is 78.9 Å². The molecule has 0 saturated heterocycles. The van der Waals surface area contributed by atoms with E-state index in [2.05, 4.69) is 0 Å². The Bertz CT molecular complexity index is 929. The molecule has 3 aromatic rings. The highest BCUT2D eigenvalue weighted by Gasteiger charge is 2.13. The molecular weight excluding hydrogens is 354 g/mol. The molecule has 0 saturated carbocycles. The monoisotopic (exact) mass is 378 g/mol. The number of unbranched alkanes of at least 4 members (excludes halogenated alkanes) is 1. The zero-order valence-corrected chi connectivity index (χ0v) is 15.9. The quantitative estimate of drug-likeness (QED) is 0.445. The average molecular weight is 378 g/mol. The number of allylic oxidation sites excluding steroid dienone is 1. The van der Waals surface area contributed by atoms with Crippen molar-refractivity contribution in [3.05, 3.63) is 90.0 Å². The van der Waals surface area contributed by atoms with Crippen LogP contribution in [0.5, 0.6) is 0 Å². The molecule has 0 radical (unpaired) electrons. The van der Waals surface area contributed by atoms with Crippen LogP contribution in [0.1, 0.15) is 31.7 Å². The van der Waals surface area contributed by atoms with Gasteiger partial charge in [0.15, 0.2) is 11.6 Å². The predicted molar refractivity (Wildman–Crippen MR) is 112 cm³/mol. The number of rotatable bonds is 7. The van der Waals surface area contributed by atoms with E-state index < -0.39 is 11.6 Å². The zero-order valence-electron chi connectivity index (χ0n) is 15.9. The summed E-state index contributed by atoms with van der Waals surface area (Å²) in [4.78, 5) is 0. The Morgan fingerprint density at radius 3 is 2.14 bits per heavy atom. The van der Waals surface area contributed by atoms with Crippen molar-refractivity contribution in [1.29, 1.82) is 0 Å². The Kier molecular flexibility index (Phi) is 6.72. The van der Waals surface area contributed by atoms with E-state index in [1.54, 1.807) is 25.1 Å². The van der Waals surface area contributed by atoms with Gasteiger partial charge in [0, 0.05) is 11.1 Å². The fourth-order valence-electron chi connectivity index (χ4n) is 3.13. The number of aliphatic hydroxyl groups is 1. The van der Waals surface area contributed by atoms with Gasteiger partial charge in [-0.05, 0) is 42.9 Å². The van der Waals surface area contributed by atoms with Gasteiger partial charge in [0.1, 0.15) is 0 Å². The number of halogens is 2. The third kappa shape index (κ3) is 4.93. The molecule has 0 aromatic heterocycles. The van der Waals surface area contributed by atoms with Crippen LogP contribution in [0.15, 0.2) is 72.8 Å². The molecule has 0 aliphatic heterocycles. The van der Waals surface area contributed by atoms with Crippen molar-refractivity contribution in [1.82, 2.24) is 0 Å². The Balaban J connectivity index is 1.76. The second kappa shape index (κ2) is 9.43. The first kappa shape index (κ1) is 20.0. The Hall–Kier alpha value is -2.78. The minimum atomic E-state index is -0.837. The molecule has 0 aliphatic carbocycles. The van der Waals surface area contributed by atoms with Crippen LogP contribution in [0.3, 0.4) is 0 Å². The van der Waals surface area contributed by atoms with Crippen molar-refractivity contribution in [3.63, 3.8) is 0 Å². The van der Waals surface area contributed by atoms with Gasteiger partial charge in [0.25, 0.3) is 0 Å². The molecule has 1 nitrogen and oxygen atoms in total. The van der Waals surface area contributed by atoms with E-state index >= 15 is 0 Å². The van der Waals surface area contributed by atoms with Crippen LogP contribution in [-0.4, -0.2) is 11.2 Å². The van der Waals surface area contributed by atoms with Crippen LogP contribution in [0.25, 0.3) is 28.3 Å². The van der Waals surface area contributed by atoms with E-state index in [-0.39, 0.29) is 17.2 Å². The summed E-state index contributed by atoms with van der Waals surface area (Å²) in [6.07, 6.45) is 5.30. The molecule has 28 heavy (non-hydrogen) atoms. The van der Waals surface area contributed by atoms with E-state index in [1.807, 2.05) is 60.7 Å². The minimum Gasteiger partial charge on any atom is -0.393 e. The lowest BCUT2D eigenvalue weighted by Crippen LogP contribution is -1.97. The first-order valence-corrected chi connectivity index (χ1v) is 9.54. The van der Waals surface area contributed by atoms with Gasteiger partial charge >= 0.3 is 0 Å². The van der Waals surface area contributed by atoms with Gasteiger partial charge in [-0.25, -0.2) is 8.78 Å². The summed E-state index contributed by atoms with van der Waals surface area (Å²) in [5.41, 5.74) is 3.24. The Morgan fingerprint density at radius 1 is 0.821 bits per heavy atom. The SMILES string of the molecule is CC(O)CCCC=Cc1ccc(-c2ccc(-c3ccccc3)cc2)c(F)c1F. The number of aliphatic hydroxyl groups excluding tert-OH is 1. The molecular formula is C25H24F2O. The van der Waals surface area contributed by atoms with E-state index in [1.165, 1.54) is 0 Å². The van der Waals surface area contributed by atoms with Gasteiger partial charge in [-0.3, -0.25) is 0 Å². The first-order valence-electron chi connectivity index (χ1n) is 9.54. The van der Waals surface area contributed by atoms with Crippen LogP contribution in [-0.2, 0) is 0 Å². The molecule has 3 rings (SSSR count). The summed E-state index contributed by atoms with van der Waals surface area (Å²) >= 11 is 0. The van der Waals surface area contributed by atoms with Crippen LogP contribution in [0.2, 0.25) is 0 Å². The second-order valence-electron chi connectivity index (χ2n) is 6.96. The van der Waals surface area contributed by atoms with Crippen molar-refractivity contribution >= 4 is 6.08 Å². The van der Waals surface area contributed by atoms with Gasteiger partial charge in [-0.15, -0.1) is 0 Å². The molecule has 1 atom stereocenters. The molecule has 0 spiro atoms. The van der Waals surface area contributed by atoms with Crippen LogP contribution < -0.4 is 0 Å². The number of hydrogen-bond acceptors (Lipinski definition) is 1. The van der Waals surface area contributed by atoms with Crippen molar-refractivity contribution < 1.29 is 13.9 Å². The highest BCUT2D eigenvalue weighted by atomic mass is 19.2. The van der Waals surface area contributed by atoms with Crippen LogP contribution in [0.4, 0.5) is 8.78 Å². The van der Waals surface area contributed by atoms with Crippen molar-refractivity contribution in [2.45, 2.75) is 32.3 Å². The topological polar surface area (TPSA) is 20.2 Å². The molecule has 0 amide bonds. The fraction of sp³-hybridized carbons (Fsp3) is 0.200. The molecule has 1 N–H and O–H groups in total. The highest BCUT2D eigenvalue weighted by molar-refractivity contribution is 5.71. The molecule has 1 unspecified atom stereocenters. The molecule has 3 aromatic carbocycles. The van der Waals surface area contributed by atoms with Crippen molar-refractivity contribution in [2.24, 2.45) is 0 Å². The fourth-order valence-corrected chi connectivity index (χ4v) is 3.13. The molecule has 144 valence electrons. The van der Waals surface area contributed by atoms with Crippen molar-refractivity contribution in [3.8, 4) is 22.3 Å². The van der Waals surface area contributed by atoms with Gasteiger partial charge < -0.3 is 5.11 Å². The summed E-state index contributed by atoms with van der Waals surface area (Å²) < 4.78 is 29.1. The van der Waals surface area contributed by atoms with Crippen LogP contribution >= 0.6 is 0 Å². The van der Waals surface area contributed by atoms with Gasteiger partial charge in [-0.2, -0.15) is 0 Å². The lowest BCUT2D eigenvalue weighted by Gasteiger charge is -2.08. The maximum Gasteiger partial charge on any atom is 0.167 e. The lowest BCUT2D eigenvalue weighted by molar-refractivity contribution is 0.182. The third-order valence-electron chi connectivity index (χ3n) is 4.71. The first-order chi connectivity index (χ1) is 13.6. The third-order valence-corrected chi connectivity index (χ3v) is 4.71. The lowest BCUT2D eigenvalue weighted by atomic mass is 9.98. The number of benzene rings is 3. The Morgan fingerprint density at radius 2 is 1.46 bits per heavy atom. The maximum atomic E-state index is 14.6. The normalized spacial score (nSPS) is 12.4. The summed E-state index contributed by atoms with van der Waals surface area (Å²) in [6, 6.07) is 20.6. The summed E-state index contributed by atoms with van der Waals surface area (Å²) in [6.45, 7) is 1.74. The van der Waals surface area contributed by atoms with E-state index in [0.29, 0.717) is 18.4 Å². The van der Waals surface area contributed by atoms with Gasteiger partial charge in [0.2, 0.25) is 0 Å². The molecule has 0 bridgehead atoms. The van der Waals surface area contributed by atoms with E-state index in [0.717, 1.165) is 17.5 Å². The standard InChI is InChI=1S/C25H24F2O/c1-18(28)8-4-2-7-11-22-16-17-23(25(27)24(22)26)21-14-12-20(13-15-21)19-9-5-3-6-10-19/h3,5-7,9-18,28H,2,4,8H2,1H3. The number of hydrogen-bond donors (Lipinski definition) is 1. The van der Waals surface area contributed by atoms with Crippen molar-refractivity contribution in [2.75, 3.05) is 0 Å². The summed E-state index contributed by atoms with van der Waals surface area (Å²) in [7, 11) is 0. The van der Waals surface area contributed by atoms with E-state index in [9.17, 15) is 13.9 Å². The minimum absolute atomic E-state index is 0.235. The summed E-state index contributed by atoms with van der Waals surface area (Å²) in [5, 5.41) is 9.24. The molecule has 3 heteroatoms. The molecule has 0 fully saturated rings. The largest absolute Gasteiger partial charge is 0.393 e. The molecule has 0 heterocycles. The van der Waals surface area contributed by atoms with Gasteiger partial charge in [0.05, 0.1) is 6.10 Å². The average Bonchev–Trinajstić information content (AvgIpc) is 2.71. The van der Waals surface area contributed by atoms with Crippen LogP contribution in [0, 0.1) is 11.6 Å².